The highest BCUT2D eigenvalue weighted by atomic mass is 16.1. The predicted molar refractivity (Wildman–Crippen MR) is 114 cm³/mol. The molecule has 0 aliphatic carbocycles. The van der Waals surface area contributed by atoms with Gasteiger partial charge in [0.1, 0.15) is 0 Å². The highest BCUT2D eigenvalue weighted by Gasteiger charge is 2.21. The Labute approximate surface area is 169 Å². The van der Waals surface area contributed by atoms with Crippen molar-refractivity contribution in [3.05, 3.63) is 76.0 Å². The molecule has 0 saturated carbocycles. The van der Waals surface area contributed by atoms with Crippen LogP contribution in [0.15, 0.2) is 53.5 Å². The van der Waals surface area contributed by atoms with Gasteiger partial charge in [-0.15, -0.1) is 0 Å². The summed E-state index contributed by atoms with van der Waals surface area (Å²) in [6.45, 7) is 3.94. The fourth-order valence-electron chi connectivity index (χ4n) is 4.25. The lowest BCUT2D eigenvalue weighted by Gasteiger charge is -2.23. The first-order chi connectivity index (χ1) is 14.0. The number of benzene rings is 1. The average Bonchev–Trinajstić information content (AvgIpc) is 2.99. The summed E-state index contributed by atoms with van der Waals surface area (Å²) in [6, 6.07) is 13.6. The standard InChI is InChI=1S/C23H23N5O/c1-15-4-7-20(25-24-15)16-8-11-28(23(29)12-16)17-5-6-18-19-14-26(2)10-9-21(19)27(3)22(18)13-17/h4-8,11-13H,9-10,14H2,1-3H3. The summed E-state index contributed by atoms with van der Waals surface area (Å²) in [5.41, 5.74) is 7.10. The van der Waals surface area contributed by atoms with Crippen LogP contribution in [0.1, 0.15) is 17.0 Å². The van der Waals surface area contributed by atoms with Crippen LogP contribution in [0.3, 0.4) is 0 Å². The molecule has 1 aromatic carbocycles. The molecule has 1 aliphatic rings. The van der Waals surface area contributed by atoms with E-state index in [9.17, 15) is 4.79 Å². The van der Waals surface area contributed by atoms with Gasteiger partial charge in [0.05, 0.1) is 22.6 Å². The van der Waals surface area contributed by atoms with Crippen LogP contribution in [0.5, 0.6) is 0 Å². The number of nitrogens with zero attached hydrogens (tertiary/aromatic N) is 5. The topological polar surface area (TPSA) is 56.0 Å². The molecule has 6 heteroatoms. The van der Waals surface area contributed by atoms with Gasteiger partial charge in [-0.2, -0.15) is 10.2 Å². The van der Waals surface area contributed by atoms with E-state index in [1.807, 2.05) is 37.4 Å². The van der Waals surface area contributed by atoms with Gasteiger partial charge in [-0.1, -0.05) is 6.07 Å². The van der Waals surface area contributed by atoms with Crippen LogP contribution in [0.25, 0.3) is 27.8 Å². The maximum atomic E-state index is 12.8. The van der Waals surface area contributed by atoms with Crippen molar-refractivity contribution >= 4 is 10.9 Å². The first-order valence-corrected chi connectivity index (χ1v) is 9.84. The van der Waals surface area contributed by atoms with E-state index < -0.39 is 0 Å². The molecule has 0 radical (unpaired) electrons. The summed E-state index contributed by atoms with van der Waals surface area (Å²) in [5, 5.41) is 9.54. The van der Waals surface area contributed by atoms with Crippen molar-refractivity contribution in [1.82, 2.24) is 24.2 Å². The summed E-state index contributed by atoms with van der Waals surface area (Å²) in [7, 11) is 4.29. The van der Waals surface area contributed by atoms with Gasteiger partial charge < -0.3 is 9.47 Å². The van der Waals surface area contributed by atoms with E-state index in [1.54, 1.807) is 10.6 Å². The molecule has 0 unspecified atom stereocenters. The van der Waals surface area contributed by atoms with E-state index in [0.717, 1.165) is 36.5 Å². The summed E-state index contributed by atoms with van der Waals surface area (Å²) < 4.78 is 3.96. The zero-order chi connectivity index (χ0) is 20.1. The molecule has 5 rings (SSSR count). The van der Waals surface area contributed by atoms with Gasteiger partial charge in [0.2, 0.25) is 0 Å². The molecule has 0 fully saturated rings. The number of aryl methyl sites for hydroxylation is 2. The van der Waals surface area contributed by atoms with Crippen molar-refractivity contribution in [1.29, 1.82) is 0 Å². The first-order valence-electron chi connectivity index (χ1n) is 9.84. The Morgan fingerprint density at radius 3 is 2.62 bits per heavy atom. The van der Waals surface area contributed by atoms with E-state index in [0.29, 0.717) is 5.69 Å². The number of rotatable bonds is 2. The average molecular weight is 385 g/mol. The van der Waals surface area contributed by atoms with E-state index >= 15 is 0 Å². The fourth-order valence-corrected chi connectivity index (χ4v) is 4.25. The van der Waals surface area contributed by atoms with Gasteiger partial charge in [0, 0.05) is 55.5 Å². The SMILES string of the molecule is Cc1ccc(-c2ccn(-c3ccc4c5c(n(C)c4c3)CCN(C)C5)c(=O)c2)nn1. The lowest BCUT2D eigenvalue weighted by molar-refractivity contribution is 0.310. The Balaban J connectivity index is 1.58. The maximum absolute atomic E-state index is 12.8. The number of hydrogen-bond donors (Lipinski definition) is 0. The second-order valence-electron chi connectivity index (χ2n) is 7.86. The third-order valence-corrected chi connectivity index (χ3v) is 5.87. The van der Waals surface area contributed by atoms with Crippen LogP contribution in [0, 0.1) is 6.92 Å². The monoisotopic (exact) mass is 385 g/mol. The zero-order valence-electron chi connectivity index (χ0n) is 16.9. The molecule has 6 nitrogen and oxygen atoms in total. The van der Waals surface area contributed by atoms with Crippen molar-refractivity contribution in [2.75, 3.05) is 13.6 Å². The predicted octanol–water partition coefficient (Wildman–Crippen LogP) is 3.08. The molecule has 0 amide bonds. The summed E-state index contributed by atoms with van der Waals surface area (Å²) in [5.74, 6) is 0. The third-order valence-electron chi connectivity index (χ3n) is 5.87. The summed E-state index contributed by atoms with van der Waals surface area (Å²) >= 11 is 0. The highest BCUT2D eigenvalue weighted by molar-refractivity contribution is 5.87. The quantitative estimate of drug-likeness (QED) is 0.532. The molecule has 0 saturated heterocycles. The number of hydrogen-bond acceptors (Lipinski definition) is 4. The van der Waals surface area contributed by atoms with Crippen molar-refractivity contribution in [2.45, 2.75) is 19.9 Å². The van der Waals surface area contributed by atoms with Gasteiger partial charge >= 0.3 is 0 Å². The van der Waals surface area contributed by atoms with E-state index in [1.165, 1.54) is 22.2 Å². The van der Waals surface area contributed by atoms with E-state index in [-0.39, 0.29) is 5.56 Å². The van der Waals surface area contributed by atoms with Gasteiger partial charge in [-0.25, -0.2) is 0 Å². The van der Waals surface area contributed by atoms with Crippen LogP contribution in [0.2, 0.25) is 0 Å². The van der Waals surface area contributed by atoms with E-state index in [4.69, 9.17) is 0 Å². The molecule has 0 N–H and O–H groups in total. The van der Waals surface area contributed by atoms with Gasteiger partial charge in [-0.05, 0) is 49.9 Å². The normalized spacial score (nSPS) is 14.3. The largest absolute Gasteiger partial charge is 0.347 e. The minimum absolute atomic E-state index is 0.0806. The Bertz CT molecular complexity index is 1280. The van der Waals surface area contributed by atoms with Crippen LogP contribution in [0.4, 0.5) is 0 Å². The van der Waals surface area contributed by atoms with Crippen LogP contribution in [-0.4, -0.2) is 37.8 Å². The van der Waals surface area contributed by atoms with Crippen molar-refractivity contribution in [3.8, 4) is 16.9 Å². The Morgan fingerprint density at radius 2 is 1.86 bits per heavy atom. The Kier molecular flexibility index (Phi) is 4.10. The number of likely N-dealkylation sites (N-methyl/N-ethyl adjacent to an activating group) is 1. The molecule has 146 valence electrons. The molecule has 0 atom stereocenters. The lowest BCUT2D eigenvalue weighted by atomic mass is 10.0. The zero-order valence-corrected chi connectivity index (χ0v) is 16.9. The van der Waals surface area contributed by atoms with Crippen LogP contribution in [-0.2, 0) is 20.0 Å². The van der Waals surface area contributed by atoms with Crippen LogP contribution < -0.4 is 5.56 Å². The molecule has 0 bridgehead atoms. The minimum atomic E-state index is -0.0806. The summed E-state index contributed by atoms with van der Waals surface area (Å²) in [4.78, 5) is 15.2. The van der Waals surface area contributed by atoms with Gasteiger partial charge in [-0.3, -0.25) is 9.36 Å². The Hall–Kier alpha value is -3.25. The number of pyridine rings is 1. The molecule has 1 aliphatic heterocycles. The second kappa shape index (κ2) is 6.67. The molecular formula is C23H23N5O. The smallest absolute Gasteiger partial charge is 0.255 e. The van der Waals surface area contributed by atoms with Crippen LogP contribution >= 0.6 is 0 Å². The van der Waals surface area contributed by atoms with Gasteiger partial charge in [0.15, 0.2) is 0 Å². The Morgan fingerprint density at radius 1 is 1.00 bits per heavy atom. The number of fused-ring (bicyclic) bond motifs is 3. The molecular weight excluding hydrogens is 362 g/mol. The molecule has 4 aromatic rings. The van der Waals surface area contributed by atoms with Crippen molar-refractivity contribution < 1.29 is 0 Å². The summed E-state index contributed by atoms with van der Waals surface area (Å²) in [6.07, 6.45) is 2.87. The molecule has 4 heterocycles. The number of aromatic nitrogens is 4. The van der Waals surface area contributed by atoms with E-state index in [2.05, 4.69) is 45.9 Å². The minimum Gasteiger partial charge on any atom is -0.347 e. The van der Waals surface area contributed by atoms with Crippen molar-refractivity contribution in [3.63, 3.8) is 0 Å². The van der Waals surface area contributed by atoms with Gasteiger partial charge in [0.25, 0.3) is 5.56 Å². The van der Waals surface area contributed by atoms with Crippen molar-refractivity contribution in [2.24, 2.45) is 7.05 Å². The highest BCUT2D eigenvalue weighted by Crippen LogP contribution is 2.31. The molecule has 29 heavy (non-hydrogen) atoms. The third kappa shape index (κ3) is 2.96. The second-order valence-corrected chi connectivity index (χ2v) is 7.86. The molecule has 0 spiro atoms. The maximum Gasteiger partial charge on any atom is 0.255 e. The lowest BCUT2D eigenvalue weighted by Crippen LogP contribution is -2.26. The molecule has 3 aromatic heterocycles. The fraction of sp³-hybridized carbons (Fsp3) is 0.261. The first kappa shape index (κ1) is 17.8.